The monoisotopic (exact) mass is 431 g/mol. The summed E-state index contributed by atoms with van der Waals surface area (Å²) < 4.78 is 39.4. The third-order valence-electron chi connectivity index (χ3n) is 5.26. The van der Waals surface area contributed by atoms with Crippen LogP contribution in [-0.2, 0) is 18.2 Å². The number of hydrogen-bond acceptors (Lipinski definition) is 5. The molecular formula is C21H23F2N5O3. The van der Waals surface area contributed by atoms with Crippen molar-refractivity contribution in [3.63, 3.8) is 0 Å². The number of carbonyl (C=O) groups excluding carboxylic acids is 1. The second-order valence-electron chi connectivity index (χ2n) is 7.38. The quantitative estimate of drug-likeness (QED) is 0.649. The highest BCUT2D eigenvalue weighted by atomic mass is 19.2. The zero-order valence-corrected chi connectivity index (χ0v) is 17.3. The second-order valence-corrected chi connectivity index (χ2v) is 7.38. The van der Waals surface area contributed by atoms with Gasteiger partial charge in [-0.05, 0) is 25.1 Å². The largest absolute Gasteiger partial charge is 0.493 e. The standard InChI is InChI=1S/C21H23F2N5O3/c1-13-16(11-24-25-13)21(29)28-6-8-31-20(12-28)19-9-14(27(2)26-19)5-7-30-15-3-4-17(22)18(23)10-15/h3-4,9-11,20H,5-8,12H2,1-2H3,(H,24,25)/t20-/m1/s1. The molecule has 1 atom stereocenters. The van der Waals surface area contributed by atoms with E-state index in [1.807, 2.05) is 20.0 Å². The van der Waals surface area contributed by atoms with Crippen molar-refractivity contribution in [1.29, 1.82) is 0 Å². The first-order valence-electron chi connectivity index (χ1n) is 9.94. The number of aromatic amines is 1. The molecule has 1 amide bonds. The molecule has 0 unspecified atom stereocenters. The second kappa shape index (κ2) is 8.84. The van der Waals surface area contributed by atoms with E-state index in [9.17, 15) is 13.6 Å². The lowest BCUT2D eigenvalue weighted by Gasteiger charge is -2.32. The smallest absolute Gasteiger partial charge is 0.257 e. The topological polar surface area (TPSA) is 85.3 Å². The van der Waals surface area contributed by atoms with Crippen molar-refractivity contribution >= 4 is 5.91 Å². The number of carbonyl (C=O) groups is 1. The molecule has 8 nitrogen and oxygen atoms in total. The normalized spacial score (nSPS) is 16.5. The number of benzene rings is 1. The number of ether oxygens (including phenoxy) is 2. The summed E-state index contributed by atoms with van der Waals surface area (Å²) >= 11 is 0. The van der Waals surface area contributed by atoms with Crippen LogP contribution in [0.25, 0.3) is 0 Å². The molecule has 0 saturated carbocycles. The number of hydrogen-bond donors (Lipinski definition) is 1. The number of H-pyrrole nitrogens is 1. The van der Waals surface area contributed by atoms with Crippen LogP contribution in [0, 0.1) is 18.6 Å². The van der Waals surface area contributed by atoms with Gasteiger partial charge in [-0.15, -0.1) is 0 Å². The van der Waals surface area contributed by atoms with Crippen molar-refractivity contribution in [3.05, 3.63) is 64.7 Å². The molecule has 1 aromatic carbocycles. The maximum absolute atomic E-state index is 13.3. The van der Waals surface area contributed by atoms with Gasteiger partial charge in [-0.3, -0.25) is 14.6 Å². The van der Waals surface area contributed by atoms with Gasteiger partial charge >= 0.3 is 0 Å². The van der Waals surface area contributed by atoms with Crippen molar-refractivity contribution in [2.45, 2.75) is 19.4 Å². The van der Waals surface area contributed by atoms with E-state index >= 15 is 0 Å². The lowest BCUT2D eigenvalue weighted by molar-refractivity contribution is -0.0249. The van der Waals surface area contributed by atoms with Gasteiger partial charge in [0.1, 0.15) is 11.9 Å². The van der Waals surface area contributed by atoms with Gasteiger partial charge in [-0.25, -0.2) is 8.78 Å². The van der Waals surface area contributed by atoms with E-state index in [1.54, 1.807) is 9.58 Å². The summed E-state index contributed by atoms with van der Waals surface area (Å²) in [5.74, 6) is -1.68. The van der Waals surface area contributed by atoms with Crippen LogP contribution in [0.5, 0.6) is 5.75 Å². The molecule has 1 fully saturated rings. The van der Waals surface area contributed by atoms with Crippen LogP contribution in [0.2, 0.25) is 0 Å². The fourth-order valence-electron chi connectivity index (χ4n) is 3.51. The fraction of sp³-hybridized carbons (Fsp3) is 0.381. The number of nitrogens with one attached hydrogen (secondary N) is 1. The van der Waals surface area contributed by atoms with Crippen molar-refractivity contribution in [2.24, 2.45) is 7.05 Å². The number of aryl methyl sites for hydroxylation is 2. The van der Waals surface area contributed by atoms with Gasteiger partial charge in [-0.1, -0.05) is 0 Å². The van der Waals surface area contributed by atoms with Crippen LogP contribution in [0.3, 0.4) is 0 Å². The average Bonchev–Trinajstić information content (AvgIpc) is 3.36. The van der Waals surface area contributed by atoms with Crippen molar-refractivity contribution in [3.8, 4) is 5.75 Å². The molecule has 1 aliphatic rings. The predicted octanol–water partition coefficient (Wildman–Crippen LogP) is 2.57. The van der Waals surface area contributed by atoms with Gasteiger partial charge in [0, 0.05) is 37.5 Å². The minimum atomic E-state index is -0.945. The number of nitrogens with zero attached hydrogens (tertiary/aromatic N) is 4. The maximum Gasteiger partial charge on any atom is 0.257 e. The van der Waals surface area contributed by atoms with E-state index in [1.165, 1.54) is 12.3 Å². The molecule has 1 aliphatic heterocycles. The Hall–Kier alpha value is -3.27. The van der Waals surface area contributed by atoms with E-state index in [0.717, 1.165) is 29.2 Å². The van der Waals surface area contributed by atoms with E-state index in [4.69, 9.17) is 9.47 Å². The zero-order chi connectivity index (χ0) is 22.0. The van der Waals surface area contributed by atoms with Crippen molar-refractivity contribution in [1.82, 2.24) is 24.9 Å². The molecule has 1 N–H and O–H groups in total. The third-order valence-corrected chi connectivity index (χ3v) is 5.26. The summed E-state index contributed by atoms with van der Waals surface area (Å²) in [5, 5.41) is 11.2. The maximum atomic E-state index is 13.3. The first-order valence-corrected chi connectivity index (χ1v) is 9.94. The molecule has 164 valence electrons. The molecule has 0 spiro atoms. The van der Waals surface area contributed by atoms with Crippen LogP contribution in [0.1, 0.15) is 33.5 Å². The zero-order valence-electron chi connectivity index (χ0n) is 17.3. The molecule has 0 radical (unpaired) electrons. The summed E-state index contributed by atoms with van der Waals surface area (Å²) in [5.41, 5.74) is 2.91. The molecule has 3 aromatic rings. The summed E-state index contributed by atoms with van der Waals surface area (Å²) in [6.07, 6.45) is 1.72. The number of amides is 1. The Bertz CT molecular complexity index is 1080. The molecule has 31 heavy (non-hydrogen) atoms. The van der Waals surface area contributed by atoms with Gasteiger partial charge in [0.15, 0.2) is 11.6 Å². The van der Waals surface area contributed by atoms with Crippen molar-refractivity contribution in [2.75, 3.05) is 26.3 Å². The van der Waals surface area contributed by atoms with Gasteiger partial charge in [-0.2, -0.15) is 10.2 Å². The van der Waals surface area contributed by atoms with Gasteiger partial charge < -0.3 is 14.4 Å². The van der Waals surface area contributed by atoms with Gasteiger partial charge in [0.05, 0.1) is 37.2 Å². The third kappa shape index (κ3) is 4.58. The first-order chi connectivity index (χ1) is 14.9. The molecule has 0 bridgehead atoms. The van der Waals surface area contributed by atoms with E-state index in [-0.39, 0.29) is 24.4 Å². The molecular weight excluding hydrogens is 408 g/mol. The summed E-state index contributed by atoms with van der Waals surface area (Å²) in [6, 6.07) is 5.35. The van der Waals surface area contributed by atoms with Crippen molar-refractivity contribution < 1.29 is 23.0 Å². The SMILES string of the molecule is Cc1[nH]ncc1C(=O)N1CCO[C@@H](c2cc(CCOc3ccc(F)c(F)c3)n(C)n2)C1. The Kier molecular flexibility index (Phi) is 5.99. The molecule has 4 rings (SSSR count). The molecule has 1 saturated heterocycles. The van der Waals surface area contributed by atoms with Crippen LogP contribution >= 0.6 is 0 Å². The lowest BCUT2D eigenvalue weighted by Crippen LogP contribution is -2.42. The first kappa shape index (κ1) is 21.0. The van der Waals surface area contributed by atoms with Crippen LogP contribution < -0.4 is 4.74 Å². The van der Waals surface area contributed by atoms with E-state index < -0.39 is 11.6 Å². The summed E-state index contributed by atoms with van der Waals surface area (Å²) in [7, 11) is 1.82. The highest BCUT2D eigenvalue weighted by Gasteiger charge is 2.29. The summed E-state index contributed by atoms with van der Waals surface area (Å²) in [6.45, 7) is 3.40. The van der Waals surface area contributed by atoms with E-state index in [0.29, 0.717) is 31.7 Å². The number of halogens is 2. The Morgan fingerprint density at radius 2 is 2.16 bits per heavy atom. The lowest BCUT2D eigenvalue weighted by atomic mass is 10.1. The molecule has 10 heteroatoms. The molecule has 2 aromatic heterocycles. The molecule has 0 aliphatic carbocycles. The number of rotatable bonds is 6. The minimum Gasteiger partial charge on any atom is -0.493 e. The molecule has 3 heterocycles. The summed E-state index contributed by atoms with van der Waals surface area (Å²) in [4.78, 5) is 14.5. The highest BCUT2D eigenvalue weighted by molar-refractivity contribution is 5.95. The van der Waals surface area contributed by atoms with Gasteiger partial charge in [0.2, 0.25) is 0 Å². The highest BCUT2D eigenvalue weighted by Crippen LogP contribution is 2.24. The van der Waals surface area contributed by atoms with E-state index in [2.05, 4.69) is 15.3 Å². The minimum absolute atomic E-state index is 0.0874. The Balaban J connectivity index is 1.38. The predicted molar refractivity (Wildman–Crippen MR) is 107 cm³/mol. The van der Waals surface area contributed by atoms with Crippen LogP contribution in [-0.4, -0.2) is 57.1 Å². The van der Waals surface area contributed by atoms with Crippen LogP contribution in [0.15, 0.2) is 30.5 Å². The number of aromatic nitrogens is 4. The Labute approximate surface area is 177 Å². The average molecular weight is 431 g/mol. The Morgan fingerprint density at radius 1 is 1.32 bits per heavy atom. The van der Waals surface area contributed by atoms with Crippen LogP contribution in [0.4, 0.5) is 8.78 Å². The fourth-order valence-corrected chi connectivity index (χ4v) is 3.51. The Morgan fingerprint density at radius 3 is 2.90 bits per heavy atom. The van der Waals surface area contributed by atoms with Gasteiger partial charge in [0.25, 0.3) is 5.91 Å². The number of morpholine rings is 1.